The number of fused-ring (bicyclic) bond motifs is 3. The summed E-state index contributed by atoms with van der Waals surface area (Å²) in [6, 6.07) is 29.7. The number of anilines is 1. The van der Waals surface area contributed by atoms with Gasteiger partial charge >= 0.3 is 0 Å². The Bertz CT molecular complexity index is 1940. The number of aryl methyl sites for hydroxylation is 2. The number of thioether (sulfide) groups is 1. The minimum Gasteiger partial charge on any atom is -0.438 e. The molecule has 0 aliphatic heterocycles. The fourth-order valence-corrected chi connectivity index (χ4v) is 6.11. The van der Waals surface area contributed by atoms with Gasteiger partial charge in [0.2, 0.25) is 11.8 Å². The molecular formula is C33H27N5O2S. The quantitative estimate of drug-likeness (QED) is 0.201. The second kappa shape index (κ2) is 11.0. The number of pyridine rings is 1. The first kappa shape index (κ1) is 26.4. The summed E-state index contributed by atoms with van der Waals surface area (Å²) in [4.78, 5) is 13.7. The molecule has 0 aliphatic rings. The van der Waals surface area contributed by atoms with E-state index in [4.69, 9.17) is 4.42 Å². The van der Waals surface area contributed by atoms with Gasteiger partial charge in [0.15, 0.2) is 10.8 Å². The van der Waals surface area contributed by atoms with Crippen LogP contribution in [0.15, 0.2) is 94.5 Å². The standard InChI is InChI=1S/C33H27N5O2S/c1-4-26(41-33-37-36-27-18-21(3)24-17-11-12-20(2)29(24)38(27)33)31(39)35-32-25(19-34)28(22-13-7-5-8-14-22)30(40-32)23-15-9-6-10-16-23/h5-18,26H,4H2,1-3H3,(H,35,39). The van der Waals surface area contributed by atoms with Crippen molar-refractivity contribution < 1.29 is 9.21 Å². The number of carbonyl (C=O) groups excluding carboxylic acids is 1. The van der Waals surface area contributed by atoms with Crippen molar-refractivity contribution in [3.8, 4) is 28.5 Å². The Morgan fingerprint density at radius 2 is 1.68 bits per heavy atom. The molecule has 0 spiro atoms. The molecule has 1 atom stereocenters. The summed E-state index contributed by atoms with van der Waals surface area (Å²) in [5.41, 5.74) is 6.58. The summed E-state index contributed by atoms with van der Waals surface area (Å²) in [5.74, 6) is 0.397. The van der Waals surface area contributed by atoms with Gasteiger partial charge in [0.05, 0.1) is 10.8 Å². The van der Waals surface area contributed by atoms with Crippen molar-refractivity contribution in [3.05, 3.63) is 102 Å². The first-order valence-corrected chi connectivity index (χ1v) is 14.3. The Kier molecular flexibility index (Phi) is 7.04. The van der Waals surface area contributed by atoms with Crippen LogP contribution in [0.25, 0.3) is 39.0 Å². The topological polar surface area (TPSA) is 96.2 Å². The monoisotopic (exact) mass is 557 g/mol. The second-order valence-corrected chi connectivity index (χ2v) is 11.0. The molecule has 0 aliphatic carbocycles. The van der Waals surface area contributed by atoms with Gasteiger partial charge in [-0.2, -0.15) is 5.26 Å². The molecule has 3 aromatic heterocycles. The maximum atomic E-state index is 13.7. The highest BCUT2D eigenvalue weighted by atomic mass is 32.2. The summed E-state index contributed by atoms with van der Waals surface area (Å²) in [7, 11) is 0. The molecule has 7 nitrogen and oxygen atoms in total. The average Bonchev–Trinajstić information content (AvgIpc) is 3.57. The fourth-order valence-electron chi connectivity index (χ4n) is 5.15. The number of nitriles is 1. The van der Waals surface area contributed by atoms with Crippen LogP contribution in [-0.2, 0) is 4.79 Å². The smallest absolute Gasteiger partial charge is 0.240 e. The van der Waals surface area contributed by atoms with Crippen molar-refractivity contribution in [1.29, 1.82) is 5.26 Å². The van der Waals surface area contributed by atoms with Crippen molar-refractivity contribution in [2.45, 2.75) is 37.6 Å². The number of nitrogens with one attached hydrogen (secondary N) is 1. The van der Waals surface area contributed by atoms with E-state index >= 15 is 0 Å². The summed E-state index contributed by atoms with van der Waals surface area (Å²) < 4.78 is 8.26. The molecule has 3 aromatic carbocycles. The summed E-state index contributed by atoms with van der Waals surface area (Å²) in [6.45, 7) is 6.08. The van der Waals surface area contributed by atoms with Gasteiger partial charge in [0, 0.05) is 16.5 Å². The maximum Gasteiger partial charge on any atom is 0.240 e. The lowest BCUT2D eigenvalue weighted by molar-refractivity contribution is -0.115. The molecule has 0 saturated heterocycles. The fraction of sp³-hybridized carbons (Fsp3) is 0.152. The number of aromatic nitrogens is 3. The Balaban J connectivity index is 1.38. The van der Waals surface area contributed by atoms with Crippen molar-refractivity contribution in [1.82, 2.24) is 14.6 Å². The highest BCUT2D eigenvalue weighted by Gasteiger charge is 2.28. The molecule has 0 bridgehead atoms. The number of hydrogen-bond acceptors (Lipinski definition) is 6. The van der Waals surface area contributed by atoms with E-state index in [2.05, 4.69) is 47.6 Å². The van der Waals surface area contributed by atoms with Crippen molar-refractivity contribution in [2.75, 3.05) is 5.32 Å². The van der Waals surface area contributed by atoms with Crippen molar-refractivity contribution >= 4 is 40.1 Å². The van der Waals surface area contributed by atoms with Crippen LogP contribution in [0.5, 0.6) is 0 Å². The molecule has 202 valence electrons. The molecule has 3 heterocycles. The minimum absolute atomic E-state index is 0.136. The first-order valence-electron chi connectivity index (χ1n) is 13.4. The predicted molar refractivity (Wildman–Crippen MR) is 163 cm³/mol. The van der Waals surface area contributed by atoms with Gasteiger partial charge in [-0.1, -0.05) is 97.5 Å². The van der Waals surface area contributed by atoms with E-state index in [0.717, 1.165) is 38.8 Å². The SMILES string of the molecule is CCC(Sc1nnc2cc(C)c3cccc(C)c3n12)C(=O)Nc1oc(-c2ccccc2)c(-c2ccccc2)c1C#N. The summed E-state index contributed by atoms with van der Waals surface area (Å²) in [5, 5.41) is 23.3. The van der Waals surface area contributed by atoms with E-state index in [0.29, 0.717) is 22.9 Å². The molecule has 1 N–H and O–H groups in total. The van der Waals surface area contributed by atoms with Gasteiger partial charge in [-0.3, -0.25) is 14.5 Å². The average molecular weight is 558 g/mol. The Morgan fingerprint density at radius 3 is 2.37 bits per heavy atom. The van der Waals surface area contributed by atoms with E-state index in [-0.39, 0.29) is 17.4 Å². The van der Waals surface area contributed by atoms with Crippen LogP contribution in [0, 0.1) is 25.2 Å². The van der Waals surface area contributed by atoms with Crippen LogP contribution in [0.1, 0.15) is 30.0 Å². The first-order chi connectivity index (χ1) is 20.0. The van der Waals surface area contributed by atoms with Crippen LogP contribution in [0.4, 0.5) is 5.88 Å². The van der Waals surface area contributed by atoms with E-state index in [9.17, 15) is 10.1 Å². The van der Waals surface area contributed by atoms with Gasteiger partial charge in [0.25, 0.3) is 0 Å². The Hall–Kier alpha value is -4.87. The molecule has 0 saturated carbocycles. The van der Waals surface area contributed by atoms with Gasteiger partial charge in [-0.05, 0) is 43.0 Å². The minimum atomic E-state index is -0.500. The second-order valence-electron chi connectivity index (χ2n) is 9.83. The number of benzene rings is 3. The lowest BCUT2D eigenvalue weighted by atomic mass is 9.98. The zero-order chi connectivity index (χ0) is 28.5. The number of para-hydroxylation sites is 1. The molecule has 41 heavy (non-hydrogen) atoms. The molecule has 8 heteroatoms. The van der Waals surface area contributed by atoms with Crippen molar-refractivity contribution in [2.24, 2.45) is 0 Å². The normalized spacial score (nSPS) is 12.0. The lowest BCUT2D eigenvalue weighted by Crippen LogP contribution is -2.25. The molecule has 6 aromatic rings. The van der Waals surface area contributed by atoms with Gasteiger partial charge in [-0.25, -0.2) is 0 Å². The number of amides is 1. The Labute approximate surface area is 241 Å². The largest absolute Gasteiger partial charge is 0.438 e. The highest BCUT2D eigenvalue weighted by Crippen LogP contribution is 2.41. The third-order valence-corrected chi connectivity index (χ3v) is 8.46. The zero-order valence-corrected chi connectivity index (χ0v) is 23.7. The molecule has 6 rings (SSSR count). The highest BCUT2D eigenvalue weighted by molar-refractivity contribution is 8.00. The van der Waals surface area contributed by atoms with Crippen LogP contribution in [0.3, 0.4) is 0 Å². The van der Waals surface area contributed by atoms with E-state index in [1.54, 1.807) is 0 Å². The maximum absolute atomic E-state index is 13.7. The molecule has 1 unspecified atom stereocenters. The number of nitrogens with zero attached hydrogens (tertiary/aromatic N) is 4. The Morgan fingerprint density at radius 1 is 0.976 bits per heavy atom. The number of rotatable bonds is 7. The van der Waals surface area contributed by atoms with Gasteiger partial charge in [-0.15, -0.1) is 10.2 Å². The van der Waals surface area contributed by atoms with Gasteiger partial charge in [0.1, 0.15) is 17.4 Å². The number of furan rings is 1. The van der Waals surface area contributed by atoms with E-state index in [1.807, 2.05) is 84.1 Å². The van der Waals surface area contributed by atoms with E-state index in [1.165, 1.54) is 11.8 Å². The molecule has 0 radical (unpaired) electrons. The van der Waals surface area contributed by atoms with E-state index < -0.39 is 5.25 Å². The van der Waals surface area contributed by atoms with Crippen molar-refractivity contribution in [3.63, 3.8) is 0 Å². The molecule has 1 amide bonds. The van der Waals surface area contributed by atoms with Crippen LogP contribution in [-0.4, -0.2) is 25.8 Å². The third kappa shape index (κ3) is 4.75. The summed E-state index contributed by atoms with van der Waals surface area (Å²) in [6.07, 6.45) is 0.536. The molecular weight excluding hydrogens is 530 g/mol. The van der Waals surface area contributed by atoms with Crippen LogP contribution >= 0.6 is 11.8 Å². The number of carbonyl (C=O) groups is 1. The zero-order valence-electron chi connectivity index (χ0n) is 22.9. The molecule has 0 fully saturated rings. The predicted octanol–water partition coefficient (Wildman–Crippen LogP) is 7.81. The lowest BCUT2D eigenvalue weighted by Gasteiger charge is -2.14. The van der Waals surface area contributed by atoms with Crippen LogP contribution in [0.2, 0.25) is 0 Å². The number of hydrogen-bond donors (Lipinski definition) is 1. The summed E-state index contributed by atoms with van der Waals surface area (Å²) >= 11 is 1.35. The third-order valence-electron chi connectivity index (χ3n) is 7.16. The van der Waals surface area contributed by atoms with Crippen LogP contribution < -0.4 is 5.32 Å². The van der Waals surface area contributed by atoms with Gasteiger partial charge < -0.3 is 4.42 Å².